The van der Waals surface area contributed by atoms with Crippen LogP contribution in [0.3, 0.4) is 0 Å². The van der Waals surface area contributed by atoms with Crippen LogP contribution in [0.5, 0.6) is 0 Å². The Kier molecular flexibility index (Phi) is 5.53. The van der Waals surface area contributed by atoms with Crippen LogP contribution in [0.25, 0.3) is 0 Å². The zero-order chi connectivity index (χ0) is 11.1. The van der Waals surface area contributed by atoms with Gasteiger partial charge in [-0.25, -0.2) is 4.79 Å². The lowest BCUT2D eigenvalue weighted by Gasteiger charge is -2.11. The van der Waals surface area contributed by atoms with Crippen molar-refractivity contribution in [3.8, 4) is 0 Å². The number of methoxy groups -OCH3 is 1. The number of hydrogen-bond acceptors (Lipinski definition) is 3. The van der Waals surface area contributed by atoms with Crippen molar-refractivity contribution in [2.75, 3.05) is 7.11 Å². The highest BCUT2D eigenvalue weighted by atomic mass is 16.5. The first-order chi connectivity index (χ1) is 6.52. The smallest absolute Gasteiger partial charge is 0.333 e. The molecule has 0 amide bonds. The van der Waals surface area contributed by atoms with Gasteiger partial charge >= 0.3 is 5.97 Å². The van der Waals surface area contributed by atoms with Crippen LogP contribution >= 0.6 is 0 Å². The van der Waals surface area contributed by atoms with Gasteiger partial charge in [-0.3, -0.25) is 4.79 Å². The van der Waals surface area contributed by atoms with Gasteiger partial charge in [0.25, 0.3) is 0 Å². The molecular weight excluding hydrogens is 180 g/mol. The van der Waals surface area contributed by atoms with E-state index >= 15 is 0 Å². The predicted molar refractivity (Wildman–Crippen MR) is 54.8 cm³/mol. The number of allylic oxidation sites excluding steroid dienone is 1. The van der Waals surface area contributed by atoms with E-state index in [4.69, 9.17) is 0 Å². The summed E-state index contributed by atoms with van der Waals surface area (Å²) < 4.78 is 4.50. The molecular formula is C11H16O3. The highest BCUT2D eigenvalue weighted by Gasteiger charge is 2.17. The average molecular weight is 196 g/mol. The molecule has 1 unspecified atom stereocenters. The minimum atomic E-state index is -0.458. The number of ketones is 1. The van der Waals surface area contributed by atoms with Gasteiger partial charge in [-0.2, -0.15) is 0 Å². The molecule has 0 aromatic carbocycles. The lowest BCUT2D eigenvalue weighted by atomic mass is 9.93. The maximum atomic E-state index is 11.1. The van der Waals surface area contributed by atoms with Crippen LogP contribution in [-0.4, -0.2) is 18.9 Å². The van der Waals surface area contributed by atoms with Crippen molar-refractivity contribution in [2.45, 2.75) is 19.8 Å². The SMILES string of the molecule is C=CCC(CC(=C)C(=O)OC)C(C)=O. The number of rotatable bonds is 6. The summed E-state index contributed by atoms with van der Waals surface area (Å²) >= 11 is 0. The van der Waals surface area contributed by atoms with Crippen molar-refractivity contribution in [2.24, 2.45) is 5.92 Å². The third-order valence-electron chi connectivity index (χ3n) is 1.99. The first kappa shape index (κ1) is 12.6. The quantitative estimate of drug-likeness (QED) is 0.370. The largest absolute Gasteiger partial charge is 0.466 e. The first-order valence-corrected chi connectivity index (χ1v) is 4.40. The van der Waals surface area contributed by atoms with Gasteiger partial charge in [0.1, 0.15) is 5.78 Å². The number of ether oxygens (including phenoxy) is 1. The Hall–Kier alpha value is -1.38. The molecule has 0 aliphatic heterocycles. The fourth-order valence-corrected chi connectivity index (χ4v) is 1.12. The zero-order valence-corrected chi connectivity index (χ0v) is 8.71. The fourth-order valence-electron chi connectivity index (χ4n) is 1.12. The Bertz CT molecular complexity index is 253. The van der Waals surface area contributed by atoms with Crippen LogP contribution in [-0.2, 0) is 14.3 Å². The molecule has 0 aromatic heterocycles. The molecule has 0 spiro atoms. The number of esters is 1. The van der Waals surface area contributed by atoms with Gasteiger partial charge in [-0.15, -0.1) is 6.58 Å². The van der Waals surface area contributed by atoms with Crippen LogP contribution in [0.15, 0.2) is 24.8 Å². The second-order valence-corrected chi connectivity index (χ2v) is 3.13. The van der Waals surface area contributed by atoms with Gasteiger partial charge in [-0.1, -0.05) is 12.7 Å². The Balaban J connectivity index is 4.29. The maximum Gasteiger partial charge on any atom is 0.333 e. The van der Waals surface area contributed by atoms with Crippen LogP contribution in [0, 0.1) is 5.92 Å². The molecule has 78 valence electrons. The van der Waals surface area contributed by atoms with E-state index in [1.54, 1.807) is 6.08 Å². The maximum absolute atomic E-state index is 11.1. The van der Waals surface area contributed by atoms with Crippen molar-refractivity contribution >= 4 is 11.8 Å². The topological polar surface area (TPSA) is 43.4 Å². The van der Waals surface area contributed by atoms with E-state index in [1.165, 1.54) is 14.0 Å². The Labute approximate surface area is 84.4 Å². The molecule has 3 heteroatoms. The van der Waals surface area contributed by atoms with Crippen molar-refractivity contribution in [3.05, 3.63) is 24.8 Å². The third kappa shape index (κ3) is 4.03. The van der Waals surface area contributed by atoms with E-state index in [0.717, 1.165) is 0 Å². The van der Waals surface area contributed by atoms with E-state index in [2.05, 4.69) is 17.9 Å². The second kappa shape index (κ2) is 6.13. The Morgan fingerprint density at radius 3 is 2.43 bits per heavy atom. The van der Waals surface area contributed by atoms with Gasteiger partial charge in [0, 0.05) is 11.5 Å². The molecule has 0 saturated heterocycles. The second-order valence-electron chi connectivity index (χ2n) is 3.13. The van der Waals surface area contributed by atoms with Crippen LogP contribution < -0.4 is 0 Å². The molecule has 0 radical (unpaired) electrons. The standard InChI is InChI=1S/C11H16O3/c1-5-6-10(9(3)12)7-8(2)11(13)14-4/h5,10H,1-2,6-7H2,3-4H3. The summed E-state index contributed by atoms with van der Waals surface area (Å²) in [6, 6.07) is 0. The van der Waals surface area contributed by atoms with E-state index in [0.29, 0.717) is 18.4 Å². The van der Waals surface area contributed by atoms with Crippen LogP contribution in [0.2, 0.25) is 0 Å². The summed E-state index contributed by atoms with van der Waals surface area (Å²) in [6.45, 7) is 8.62. The molecule has 0 N–H and O–H groups in total. The normalized spacial score (nSPS) is 11.6. The lowest BCUT2D eigenvalue weighted by molar-refractivity contribution is -0.136. The average Bonchev–Trinajstić information content (AvgIpc) is 2.15. The molecule has 3 nitrogen and oxygen atoms in total. The number of carbonyl (C=O) groups is 2. The molecule has 0 aromatic rings. The van der Waals surface area contributed by atoms with Gasteiger partial charge in [-0.05, 0) is 19.8 Å². The molecule has 0 rings (SSSR count). The Morgan fingerprint density at radius 1 is 1.50 bits per heavy atom. The fraction of sp³-hybridized carbons (Fsp3) is 0.455. The van der Waals surface area contributed by atoms with Crippen LogP contribution in [0.1, 0.15) is 19.8 Å². The molecule has 0 bridgehead atoms. The molecule has 0 fully saturated rings. The summed E-state index contributed by atoms with van der Waals surface area (Å²) in [5, 5.41) is 0. The van der Waals surface area contributed by atoms with E-state index in [9.17, 15) is 9.59 Å². The van der Waals surface area contributed by atoms with E-state index < -0.39 is 5.97 Å². The summed E-state index contributed by atoms with van der Waals surface area (Å²) in [5.41, 5.74) is 0.328. The third-order valence-corrected chi connectivity index (χ3v) is 1.99. The van der Waals surface area contributed by atoms with Gasteiger partial charge < -0.3 is 4.74 Å². The molecule has 0 aliphatic carbocycles. The van der Waals surface area contributed by atoms with Crippen LogP contribution in [0.4, 0.5) is 0 Å². The van der Waals surface area contributed by atoms with Gasteiger partial charge in [0.15, 0.2) is 0 Å². The Morgan fingerprint density at radius 2 is 2.07 bits per heavy atom. The minimum Gasteiger partial charge on any atom is -0.466 e. The summed E-state index contributed by atoms with van der Waals surface area (Å²) in [7, 11) is 1.30. The monoisotopic (exact) mass is 196 g/mol. The summed E-state index contributed by atoms with van der Waals surface area (Å²) in [6.07, 6.45) is 2.57. The molecule has 0 heterocycles. The van der Waals surface area contributed by atoms with Gasteiger partial charge in [0.05, 0.1) is 7.11 Å². The van der Waals surface area contributed by atoms with Gasteiger partial charge in [0.2, 0.25) is 0 Å². The first-order valence-electron chi connectivity index (χ1n) is 4.40. The van der Waals surface area contributed by atoms with Crippen molar-refractivity contribution in [3.63, 3.8) is 0 Å². The minimum absolute atomic E-state index is 0.0370. The van der Waals surface area contributed by atoms with Crippen molar-refractivity contribution in [1.29, 1.82) is 0 Å². The zero-order valence-electron chi connectivity index (χ0n) is 8.71. The predicted octanol–water partition coefficient (Wildman–Crippen LogP) is 1.89. The summed E-state index contributed by atoms with van der Waals surface area (Å²) in [4.78, 5) is 22.2. The lowest BCUT2D eigenvalue weighted by Crippen LogP contribution is -2.14. The number of hydrogen-bond donors (Lipinski definition) is 0. The van der Waals surface area contributed by atoms with Crippen molar-refractivity contribution < 1.29 is 14.3 Å². The molecule has 0 aliphatic rings. The number of carbonyl (C=O) groups excluding carboxylic acids is 2. The molecule has 0 saturated carbocycles. The van der Waals surface area contributed by atoms with E-state index in [-0.39, 0.29) is 11.7 Å². The van der Waals surface area contributed by atoms with E-state index in [1.807, 2.05) is 0 Å². The molecule has 14 heavy (non-hydrogen) atoms. The highest BCUT2D eigenvalue weighted by Crippen LogP contribution is 2.16. The van der Waals surface area contributed by atoms with Crippen molar-refractivity contribution in [1.82, 2.24) is 0 Å². The summed E-state index contributed by atoms with van der Waals surface area (Å²) in [5.74, 6) is -0.630. The number of Topliss-reactive ketones (excluding diaryl/α,β-unsaturated/α-hetero) is 1. The highest BCUT2D eigenvalue weighted by molar-refractivity contribution is 5.89. The molecule has 1 atom stereocenters.